The molecule has 2 aromatic carbocycles. The summed E-state index contributed by atoms with van der Waals surface area (Å²) in [6.07, 6.45) is 0.130. The highest BCUT2D eigenvalue weighted by Gasteiger charge is 2.26. The first-order valence-corrected chi connectivity index (χ1v) is 9.00. The molecule has 5 N–H and O–H groups in total. The third-order valence-corrected chi connectivity index (χ3v) is 4.53. The van der Waals surface area contributed by atoms with Gasteiger partial charge in [-0.3, -0.25) is 0 Å². The molecule has 0 aromatic heterocycles. The summed E-state index contributed by atoms with van der Waals surface area (Å²) in [6.45, 7) is 5.85. The molecule has 27 heavy (non-hydrogen) atoms. The van der Waals surface area contributed by atoms with Gasteiger partial charge >= 0.3 is 5.97 Å². The average Bonchev–Trinajstić information content (AvgIpc) is 2.62. The van der Waals surface area contributed by atoms with Crippen LogP contribution in [0.25, 0.3) is 0 Å². The number of phenols is 1. The molecule has 146 valence electrons. The zero-order valence-electron chi connectivity index (χ0n) is 15.9. The number of aliphatic hydroxyl groups excluding tert-OH is 1. The topological polar surface area (TPSA) is 102 Å². The van der Waals surface area contributed by atoms with Gasteiger partial charge in [0.1, 0.15) is 11.3 Å². The number of rotatable bonds is 9. The zero-order valence-corrected chi connectivity index (χ0v) is 15.9. The number of hydrogen-bond acceptors (Lipinski definition) is 5. The minimum atomic E-state index is -1.02. The maximum absolute atomic E-state index is 11.2. The predicted octanol–water partition coefficient (Wildman–Crippen LogP) is 2.92. The summed E-state index contributed by atoms with van der Waals surface area (Å²) < 4.78 is 0. The van der Waals surface area contributed by atoms with E-state index in [1.807, 2.05) is 31.2 Å². The molecule has 0 unspecified atom stereocenters. The van der Waals surface area contributed by atoms with Crippen LogP contribution in [-0.4, -0.2) is 39.4 Å². The van der Waals surface area contributed by atoms with E-state index in [2.05, 4.69) is 10.6 Å². The van der Waals surface area contributed by atoms with Crippen LogP contribution in [0.1, 0.15) is 38.0 Å². The molecule has 0 radical (unpaired) electrons. The molecular weight excluding hydrogens is 344 g/mol. The monoisotopic (exact) mass is 372 g/mol. The van der Waals surface area contributed by atoms with Gasteiger partial charge in [-0.25, -0.2) is 4.79 Å². The van der Waals surface area contributed by atoms with Crippen molar-refractivity contribution in [3.63, 3.8) is 0 Å². The highest BCUT2D eigenvalue weighted by molar-refractivity contribution is 5.81. The number of nitrogens with one attached hydrogen (secondary N) is 2. The Labute approximate surface area is 159 Å². The number of aromatic hydroxyl groups is 1. The highest BCUT2D eigenvalue weighted by atomic mass is 16.4. The van der Waals surface area contributed by atoms with Crippen molar-refractivity contribution in [3.8, 4) is 5.75 Å². The Morgan fingerprint density at radius 2 is 1.67 bits per heavy atom. The van der Waals surface area contributed by atoms with Crippen LogP contribution in [-0.2, 0) is 11.2 Å². The molecule has 6 nitrogen and oxygen atoms in total. The number of aliphatic carboxylic acids is 1. The van der Waals surface area contributed by atoms with Crippen molar-refractivity contribution >= 4 is 11.7 Å². The fraction of sp³-hybridized carbons (Fsp3) is 0.381. The molecule has 0 aliphatic carbocycles. The molecule has 0 spiro atoms. The summed E-state index contributed by atoms with van der Waals surface area (Å²) in [4.78, 5) is 11.2. The molecule has 6 heteroatoms. The Kier molecular flexibility index (Phi) is 6.82. The smallest absolute Gasteiger partial charge is 0.328 e. The van der Waals surface area contributed by atoms with Gasteiger partial charge in [0.05, 0.1) is 6.10 Å². The van der Waals surface area contributed by atoms with Crippen LogP contribution in [0.3, 0.4) is 0 Å². The number of aliphatic hydroxyl groups is 1. The fourth-order valence-electron chi connectivity index (χ4n) is 2.69. The fourth-order valence-corrected chi connectivity index (χ4v) is 2.69. The van der Waals surface area contributed by atoms with Gasteiger partial charge in [-0.05, 0) is 69.1 Å². The Bertz CT molecular complexity index is 742. The lowest BCUT2D eigenvalue weighted by atomic mass is 10.0. The standard InChI is InChI=1S/C21H28N2O4/c1-14(19(25)16-6-10-18(24)11-7-16)22-13-12-15-4-8-17(9-5-15)23-21(2,3)20(26)27/h4-11,14,19,22-25H,12-13H2,1-3H3,(H,26,27)/t14-,19+/m0/s1. The summed E-state index contributed by atoms with van der Waals surface area (Å²) in [6, 6.07) is 14.1. The number of anilines is 1. The first-order chi connectivity index (χ1) is 12.7. The molecule has 0 saturated carbocycles. The molecule has 0 amide bonds. The average molecular weight is 372 g/mol. The van der Waals surface area contributed by atoms with E-state index in [1.54, 1.807) is 38.1 Å². The Balaban J connectivity index is 1.82. The minimum Gasteiger partial charge on any atom is -0.508 e. The summed E-state index contributed by atoms with van der Waals surface area (Å²) >= 11 is 0. The number of carbonyl (C=O) groups is 1. The molecule has 0 aliphatic heterocycles. The van der Waals surface area contributed by atoms with E-state index in [0.29, 0.717) is 6.54 Å². The van der Waals surface area contributed by atoms with Crippen LogP contribution in [0.15, 0.2) is 48.5 Å². The van der Waals surface area contributed by atoms with Gasteiger partial charge in [-0.15, -0.1) is 0 Å². The van der Waals surface area contributed by atoms with Gasteiger partial charge in [-0.1, -0.05) is 24.3 Å². The second-order valence-corrected chi connectivity index (χ2v) is 7.28. The maximum Gasteiger partial charge on any atom is 0.328 e. The quantitative estimate of drug-likeness (QED) is 0.464. The first kappa shape index (κ1) is 20.7. The summed E-state index contributed by atoms with van der Waals surface area (Å²) in [7, 11) is 0. The van der Waals surface area contributed by atoms with Crippen molar-refractivity contribution in [1.82, 2.24) is 5.32 Å². The van der Waals surface area contributed by atoms with Gasteiger partial charge in [0, 0.05) is 11.7 Å². The van der Waals surface area contributed by atoms with Gasteiger partial charge in [0.15, 0.2) is 0 Å². The molecular formula is C21H28N2O4. The Hall–Kier alpha value is -2.57. The van der Waals surface area contributed by atoms with Crippen LogP contribution >= 0.6 is 0 Å². The maximum atomic E-state index is 11.2. The van der Waals surface area contributed by atoms with E-state index in [0.717, 1.165) is 23.2 Å². The van der Waals surface area contributed by atoms with Gasteiger partial charge in [0.25, 0.3) is 0 Å². The van der Waals surface area contributed by atoms with E-state index in [1.165, 1.54) is 0 Å². The second kappa shape index (κ2) is 8.88. The van der Waals surface area contributed by atoms with Crippen molar-refractivity contribution < 1.29 is 20.1 Å². The van der Waals surface area contributed by atoms with Crippen LogP contribution in [0.2, 0.25) is 0 Å². The highest BCUT2D eigenvalue weighted by Crippen LogP contribution is 2.20. The minimum absolute atomic E-state index is 0.133. The SMILES string of the molecule is C[C@H](NCCc1ccc(NC(C)(C)C(=O)O)cc1)[C@@H](O)c1ccc(O)cc1. The molecule has 0 fully saturated rings. The van der Waals surface area contributed by atoms with E-state index < -0.39 is 17.6 Å². The summed E-state index contributed by atoms with van der Waals surface area (Å²) in [5, 5.41) is 35.1. The van der Waals surface area contributed by atoms with Crippen molar-refractivity contribution in [2.24, 2.45) is 0 Å². The molecule has 2 rings (SSSR count). The molecule has 0 heterocycles. The van der Waals surface area contributed by atoms with Crippen LogP contribution in [0.5, 0.6) is 5.75 Å². The third-order valence-electron chi connectivity index (χ3n) is 4.53. The molecule has 2 aromatic rings. The second-order valence-electron chi connectivity index (χ2n) is 7.28. The molecule has 0 aliphatic rings. The molecule has 0 bridgehead atoms. The van der Waals surface area contributed by atoms with E-state index in [9.17, 15) is 15.0 Å². The van der Waals surface area contributed by atoms with Crippen LogP contribution < -0.4 is 10.6 Å². The number of hydrogen-bond donors (Lipinski definition) is 5. The van der Waals surface area contributed by atoms with E-state index >= 15 is 0 Å². The third kappa shape index (κ3) is 5.98. The van der Waals surface area contributed by atoms with E-state index in [-0.39, 0.29) is 11.8 Å². The largest absolute Gasteiger partial charge is 0.508 e. The lowest BCUT2D eigenvalue weighted by molar-refractivity contribution is -0.141. The van der Waals surface area contributed by atoms with Gasteiger partial charge < -0.3 is 26.0 Å². The normalized spacial score (nSPS) is 13.8. The van der Waals surface area contributed by atoms with Crippen molar-refractivity contribution in [2.75, 3.05) is 11.9 Å². The van der Waals surface area contributed by atoms with Gasteiger partial charge in [-0.2, -0.15) is 0 Å². The number of phenolic OH excluding ortho intramolecular Hbond substituents is 1. The van der Waals surface area contributed by atoms with Gasteiger partial charge in [0.2, 0.25) is 0 Å². The number of carboxylic acid groups (broad SMARTS) is 1. The summed E-state index contributed by atoms with van der Waals surface area (Å²) in [5.74, 6) is -0.729. The summed E-state index contributed by atoms with van der Waals surface area (Å²) in [5.41, 5.74) is 1.61. The molecule has 2 atom stereocenters. The van der Waals surface area contributed by atoms with Crippen LogP contribution in [0, 0.1) is 0 Å². The number of carboxylic acids is 1. The zero-order chi connectivity index (χ0) is 20.0. The first-order valence-electron chi connectivity index (χ1n) is 9.00. The molecule has 0 saturated heterocycles. The Morgan fingerprint density at radius 1 is 1.07 bits per heavy atom. The lowest BCUT2D eigenvalue weighted by Gasteiger charge is -2.22. The van der Waals surface area contributed by atoms with E-state index in [4.69, 9.17) is 5.11 Å². The Morgan fingerprint density at radius 3 is 2.22 bits per heavy atom. The number of benzene rings is 2. The predicted molar refractivity (Wildman–Crippen MR) is 106 cm³/mol. The lowest BCUT2D eigenvalue weighted by Crippen LogP contribution is -2.39. The van der Waals surface area contributed by atoms with Crippen molar-refractivity contribution in [1.29, 1.82) is 0 Å². The van der Waals surface area contributed by atoms with Crippen molar-refractivity contribution in [2.45, 2.75) is 44.9 Å². The van der Waals surface area contributed by atoms with Crippen molar-refractivity contribution in [3.05, 3.63) is 59.7 Å². The van der Waals surface area contributed by atoms with Crippen LogP contribution in [0.4, 0.5) is 5.69 Å².